The number of rotatable bonds is 10. The van der Waals surface area contributed by atoms with Crippen molar-refractivity contribution in [3.63, 3.8) is 0 Å². The third kappa shape index (κ3) is 5.75. The van der Waals surface area contributed by atoms with Gasteiger partial charge < -0.3 is 24.8 Å². The molecule has 0 amide bonds. The van der Waals surface area contributed by atoms with Gasteiger partial charge in [-0.3, -0.25) is 0 Å². The maximum Gasteiger partial charge on any atom is 0.186 e. The maximum absolute atomic E-state index is 9.65. The molecule has 3 N–H and O–H groups in total. The van der Waals surface area contributed by atoms with E-state index in [2.05, 4.69) is 6.92 Å². The summed E-state index contributed by atoms with van der Waals surface area (Å²) >= 11 is 0. The van der Waals surface area contributed by atoms with Crippen LogP contribution in [0.1, 0.15) is 51.9 Å². The van der Waals surface area contributed by atoms with E-state index in [1.54, 1.807) is 0 Å². The number of aliphatic hydroxyl groups excluding tert-OH is 3. The highest BCUT2D eigenvalue weighted by Crippen LogP contribution is 2.22. The third-order valence-corrected chi connectivity index (χ3v) is 3.53. The Balaban J connectivity index is 2.01. The first kappa shape index (κ1) is 16.9. The second-order valence-electron chi connectivity index (χ2n) is 5.20. The quantitative estimate of drug-likeness (QED) is 0.522. The van der Waals surface area contributed by atoms with Crippen molar-refractivity contribution >= 4 is 0 Å². The van der Waals surface area contributed by atoms with Crippen LogP contribution in [0.4, 0.5) is 0 Å². The van der Waals surface area contributed by atoms with Gasteiger partial charge in [0.25, 0.3) is 0 Å². The molecule has 1 rings (SSSR count). The summed E-state index contributed by atoms with van der Waals surface area (Å²) in [5.74, 6) is 0. The fourth-order valence-corrected chi connectivity index (χ4v) is 2.26. The van der Waals surface area contributed by atoms with Gasteiger partial charge >= 0.3 is 0 Å². The molecule has 1 aliphatic heterocycles. The Morgan fingerprint density at radius 2 is 1.58 bits per heavy atom. The number of hydrogen-bond donors (Lipinski definition) is 3. The molecule has 0 saturated carbocycles. The van der Waals surface area contributed by atoms with E-state index in [4.69, 9.17) is 14.6 Å². The van der Waals surface area contributed by atoms with E-state index in [9.17, 15) is 10.2 Å². The largest absolute Gasteiger partial charge is 0.394 e. The van der Waals surface area contributed by atoms with Gasteiger partial charge in [0.05, 0.1) is 6.61 Å². The lowest BCUT2D eigenvalue weighted by Crippen LogP contribution is -2.34. The molecule has 0 aliphatic carbocycles. The van der Waals surface area contributed by atoms with Gasteiger partial charge in [0.15, 0.2) is 6.29 Å². The molecule has 0 bridgehead atoms. The van der Waals surface area contributed by atoms with Crippen molar-refractivity contribution in [3.8, 4) is 0 Å². The predicted octanol–water partition coefficient (Wildman–Crippen LogP) is 1.19. The van der Waals surface area contributed by atoms with Gasteiger partial charge in [-0.25, -0.2) is 0 Å². The lowest BCUT2D eigenvalue weighted by atomic mass is 10.1. The smallest absolute Gasteiger partial charge is 0.186 e. The second-order valence-corrected chi connectivity index (χ2v) is 5.20. The van der Waals surface area contributed by atoms with Crippen LogP contribution in [0.3, 0.4) is 0 Å². The summed E-state index contributed by atoms with van der Waals surface area (Å²) in [6.07, 6.45) is 4.68. The van der Waals surface area contributed by atoms with Crippen molar-refractivity contribution in [2.45, 2.75) is 76.5 Å². The summed E-state index contributed by atoms with van der Waals surface area (Å²) < 4.78 is 10.6. The highest BCUT2D eigenvalue weighted by molar-refractivity contribution is 4.86. The molecular formula is C14H28O5. The van der Waals surface area contributed by atoms with E-state index in [0.29, 0.717) is 6.61 Å². The van der Waals surface area contributed by atoms with Crippen LogP contribution < -0.4 is 0 Å². The predicted molar refractivity (Wildman–Crippen MR) is 71.7 cm³/mol. The monoisotopic (exact) mass is 276 g/mol. The van der Waals surface area contributed by atoms with Crippen LogP contribution in [0.2, 0.25) is 0 Å². The molecule has 19 heavy (non-hydrogen) atoms. The van der Waals surface area contributed by atoms with Crippen molar-refractivity contribution in [1.29, 1.82) is 0 Å². The normalized spacial score (nSPS) is 30.9. The van der Waals surface area contributed by atoms with E-state index in [1.807, 2.05) is 0 Å². The lowest BCUT2D eigenvalue weighted by molar-refractivity contribution is -0.169. The Morgan fingerprint density at radius 1 is 0.947 bits per heavy atom. The molecule has 0 unspecified atom stereocenters. The van der Waals surface area contributed by atoms with Crippen molar-refractivity contribution in [2.24, 2.45) is 0 Å². The molecule has 5 heteroatoms. The lowest BCUT2D eigenvalue weighted by Gasteiger charge is -2.15. The van der Waals surface area contributed by atoms with Crippen molar-refractivity contribution in [2.75, 3.05) is 13.2 Å². The average Bonchev–Trinajstić information content (AvgIpc) is 2.69. The highest BCUT2D eigenvalue weighted by Gasteiger charge is 2.42. The Labute approximate surface area is 115 Å². The second kappa shape index (κ2) is 9.66. The Kier molecular flexibility index (Phi) is 8.57. The van der Waals surface area contributed by atoms with Crippen LogP contribution in [-0.4, -0.2) is 53.1 Å². The van der Waals surface area contributed by atoms with E-state index >= 15 is 0 Å². The number of aliphatic hydroxyl groups is 3. The van der Waals surface area contributed by atoms with E-state index in [0.717, 1.165) is 12.8 Å². The molecule has 1 aliphatic rings. The summed E-state index contributed by atoms with van der Waals surface area (Å²) in [4.78, 5) is 0. The minimum absolute atomic E-state index is 0.310. The van der Waals surface area contributed by atoms with Crippen LogP contribution in [0.5, 0.6) is 0 Å². The topological polar surface area (TPSA) is 79.2 Å². The van der Waals surface area contributed by atoms with Crippen molar-refractivity contribution in [3.05, 3.63) is 0 Å². The minimum atomic E-state index is -1.07. The Bertz CT molecular complexity index is 224. The summed E-state index contributed by atoms with van der Waals surface area (Å²) in [6.45, 7) is 2.41. The maximum atomic E-state index is 9.65. The molecule has 4 atom stereocenters. The fraction of sp³-hybridized carbons (Fsp3) is 1.00. The molecule has 114 valence electrons. The molecule has 5 nitrogen and oxygen atoms in total. The molecular weight excluding hydrogens is 248 g/mol. The Morgan fingerprint density at radius 3 is 2.16 bits per heavy atom. The van der Waals surface area contributed by atoms with Crippen molar-refractivity contribution in [1.82, 2.24) is 0 Å². The van der Waals surface area contributed by atoms with Gasteiger partial charge in [-0.2, -0.15) is 0 Å². The summed E-state index contributed by atoms with van der Waals surface area (Å²) in [7, 11) is 0. The van der Waals surface area contributed by atoms with Crippen LogP contribution in [0, 0.1) is 0 Å². The summed E-state index contributed by atoms with van der Waals surface area (Å²) in [5, 5.41) is 28.1. The SMILES string of the molecule is CCCCCCCCCO[C@H]1O[C@H](CO)[C@@H](O)[C@H]1O. The van der Waals surface area contributed by atoms with Gasteiger partial charge in [0.1, 0.15) is 18.3 Å². The fourth-order valence-electron chi connectivity index (χ4n) is 2.26. The standard InChI is InChI=1S/C14H28O5/c1-2-3-4-5-6-7-8-9-18-14-13(17)12(16)11(10-15)19-14/h11-17H,2-10H2,1H3/t11-,12-,13-,14+/m1/s1. The third-order valence-electron chi connectivity index (χ3n) is 3.53. The molecule has 1 fully saturated rings. The summed E-state index contributed by atoms with van der Waals surface area (Å²) in [6, 6.07) is 0. The van der Waals surface area contributed by atoms with Crippen LogP contribution >= 0.6 is 0 Å². The first-order valence-electron chi connectivity index (χ1n) is 7.44. The van der Waals surface area contributed by atoms with Crippen LogP contribution in [0.15, 0.2) is 0 Å². The van der Waals surface area contributed by atoms with Gasteiger partial charge in [-0.1, -0.05) is 45.4 Å². The molecule has 1 saturated heterocycles. The first-order chi connectivity index (χ1) is 9.20. The number of hydrogen-bond acceptors (Lipinski definition) is 5. The molecule has 0 aromatic carbocycles. The molecule has 1 heterocycles. The van der Waals surface area contributed by atoms with Crippen LogP contribution in [0.25, 0.3) is 0 Å². The molecule has 0 spiro atoms. The van der Waals surface area contributed by atoms with Crippen LogP contribution in [-0.2, 0) is 9.47 Å². The van der Waals surface area contributed by atoms with E-state index < -0.39 is 24.6 Å². The van der Waals surface area contributed by atoms with Gasteiger partial charge in [-0.15, -0.1) is 0 Å². The van der Waals surface area contributed by atoms with Gasteiger partial charge in [0, 0.05) is 6.61 Å². The summed E-state index contributed by atoms with van der Waals surface area (Å²) in [5.41, 5.74) is 0. The highest BCUT2D eigenvalue weighted by atomic mass is 16.7. The zero-order chi connectivity index (χ0) is 14.1. The average molecular weight is 276 g/mol. The van der Waals surface area contributed by atoms with E-state index in [-0.39, 0.29) is 6.61 Å². The minimum Gasteiger partial charge on any atom is -0.394 e. The number of unbranched alkanes of at least 4 members (excludes halogenated alkanes) is 6. The molecule has 0 aromatic rings. The van der Waals surface area contributed by atoms with Gasteiger partial charge in [0.2, 0.25) is 0 Å². The molecule has 0 aromatic heterocycles. The van der Waals surface area contributed by atoms with Gasteiger partial charge in [-0.05, 0) is 6.42 Å². The Hall–Kier alpha value is -0.200. The first-order valence-corrected chi connectivity index (χ1v) is 7.44. The van der Waals surface area contributed by atoms with Crippen molar-refractivity contribution < 1.29 is 24.8 Å². The number of ether oxygens (including phenoxy) is 2. The zero-order valence-electron chi connectivity index (χ0n) is 11.8. The zero-order valence-corrected chi connectivity index (χ0v) is 11.8. The molecule has 0 radical (unpaired) electrons. The van der Waals surface area contributed by atoms with E-state index in [1.165, 1.54) is 32.1 Å².